The quantitative estimate of drug-likeness (QED) is 0.0577. The number of aryl methyl sites for hydroxylation is 4. The molecular formula is C80H46F4N4O4S4. The second-order valence-corrected chi connectivity index (χ2v) is 28.3. The van der Waals surface area contributed by atoms with E-state index < -0.39 is 56.9 Å². The van der Waals surface area contributed by atoms with E-state index >= 15 is 0 Å². The topological polar surface area (TPSA) is 128 Å². The van der Waals surface area contributed by atoms with E-state index in [1.807, 2.05) is 18.2 Å². The van der Waals surface area contributed by atoms with Gasteiger partial charge in [0.15, 0.2) is 34.8 Å². The summed E-state index contributed by atoms with van der Waals surface area (Å²) in [5.41, 5.74) is 11.2. The summed E-state index contributed by atoms with van der Waals surface area (Å²) in [5, 5.41) is 30.4. The first kappa shape index (κ1) is 61.1. The Kier molecular flexibility index (Phi) is 14.5. The van der Waals surface area contributed by atoms with Crippen molar-refractivity contribution in [2.45, 2.75) is 38.5 Å². The highest BCUT2D eigenvalue weighted by Crippen LogP contribution is 2.67. The fraction of sp³-hybridized carbons (Fsp3) is 0.100. The summed E-state index contributed by atoms with van der Waals surface area (Å²) in [4.78, 5) is 38.1. The van der Waals surface area contributed by atoms with Crippen molar-refractivity contribution < 1.29 is 36.6 Å². The number of allylic oxidation sites excluding steroid dienone is 6. The lowest BCUT2D eigenvalue weighted by atomic mass is 9.65. The molecule has 0 amide bonds. The summed E-state index contributed by atoms with van der Waals surface area (Å²) in [6.07, 6.45) is 3.11. The maximum absolute atomic E-state index is 14.9. The molecule has 0 bridgehead atoms. The van der Waals surface area contributed by atoms with Crippen molar-refractivity contribution in [3.8, 4) is 70.1 Å². The van der Waals surface area contributed by atoms with E-state index in [2.05, 4.69) is 154 Å². The Morgan fingerprint density at radius 2 is 0.781 bits per heavy atom. The lowest BCUT2D eigenvalue weighted by molar-refractivity contribution is 0.103. The molecule has 462 valence electrons. The van der Waals surface area contributed by atoms with Crippen molar-refractivity contribution >= 4 is 80.2 Å². The predicted octanol–water partition coefficient (Wildman–Crippen LogP) is 20.3. The second kappa shape index (κ2) is 22.8. The largest absolute Gasteiger partial charge is 0.495 e. The number of nitriles is 3. The van der Waals surface area contributed by atoms with Crippen LogP contribution in [0.5, 0.6) is 11.5 Å². The van der Waals surface area contributed by atoms with Crippen LogP contribution in [0.4, 0.5) is 17.6 Å². The van der Waals surface area contributed by atoms with Crippen LogP contribution in [-0.2, 0) is 10.8 Å². The minimum Gasteiger partial charge on any atom is -0.495 e. The van der Waals surface area contributed by atoms with Gasteiger partial charge in [-0.3, -0.25) is 9.59 Å². The number of carbonyl (C=O) groups is 2. The molecular weight excluding hydrogens is 1290 g/mol. The van der Waals surface area contributed by atoms with Gasteiger partial charge in [-0.25, -0.2) is 27.7 Å². The SMILES string of the molecule is [C-]#[N+]C(C#N)=C1/C(=C/c2cc(OC)c(-c3cc4c(s3)-c3cc5c(cc3C4(c3ccc(C)cc3)c3ccc(C)cc3)-c3sc(-c4sc(/C=C6\C(=O)c7cc(F)c(F)cc7C6=C(C#N)C#N)cc4OC)cc3C5(c3ccc(C)cc3)c3ccc(C)cc3)s2)C(=O)c2cc(F)c(F)cc21. The average molecular weight is 1330 g/mol. The number of Topliss-reactive ketones (excluding diaryl/α,β-unsaturated/α-hetero) is 2. The van der Waals surface area contributed by atoms with Gasteiger partial charge in [0, 0.05) is 62.7 Å². The van der Waals surface area contributed by atoms with Gasteiger partial charge in [0.25, 0.3) is 5.70 Å². The van der Waals surface area contributed by atoms with Crippen LogP contribution >= 0.6 is 45.3 Å². The Balaban J connectivity index is 0.973. The second-order valence-electron chi connectivity index (χ2n) is 24.0. The number of hydrogen-bond acceptors (Lipinski definition) is 11. The summed E-state index contributed by atoms with van der Waals surface area (Å²) in [6.45, 7) is 16.1. The van der Waals surface area contributed by atoms with E-state index in [-0.39, 0.29) is 44.5 Å². The molecule has 7 aromatic carbocycles. The number of carbonyl (C=O) groups excluding carboxylic acids is 2. The molecule has 0 saturated heterocycles. The highest BCUT2D eigenvalue weighted by Gasteiger charge is 2.53. The number of benzene rings is 7. The minimum atomic E-state index is -1.23. The average Bonchev–Trinajstić information content (AvgIpc) is 1.50. The van der Waals surface area contributed by atoms with Crippen LogP contribution in [0.3, 0.4) is 0 Å². The summed E-state index contributed by atoms with van der Waals surface area (Å²) in [7, 11) is 3.14. The number of ketones is 2. The molecule has 4 heterocycles. The standard InChI is InChI=1S/C80H46F4N4O4S4/c1-39-8-16-44(17-9-39)79(45-18-10-40(2)11-19-45)58-29-55-59(28-54(58)75-60(79)34-69(95-75)77-67(91-6)26-48(93-77)24-56-71(43(36-85)37-86)50-30-62(81)64(83)32-52(50)73(56)89)80(46-20-12-41(3)13-21-46,47-22-14-42(4)15-23-47)61-35-70(96-76(55)61)78-68(92-7)27-49(94-78)25-57-72(66(38-87)88-5)51-31-63(82)65(84)33-53(51)74(57)90/h8-35H,1-4,6-7H3/b56-24-,57-25-,72-66?. The number of ether oxygens (including phenoxy) is 2. The molecule has 0 fully saturated rings. The highest BCUT2D eigenvalue weighted by molar-refractivity contribution is 7.25. The smallest absolute Gasteiger partial charge is 0.270 e. The highest BCUT2D eigenvalue weighted by atomic mass is 32.1. The third-order valence-electron chi connectivity index (χ3n) is 18.7. The van der Waals surface area contributed by atoms with E-state index in [9.17, 15) is 42.9 Å². The summed E-state index contributed by atoms with van der Waals surface area (Å²) >= 11 is 5.92. The number of methoxy groups -OCH3 is 2. The molecule has 0 atom stereocenters. The molecule has 0 N–H and O–H groups in total. The van der Waals surface area contributed by atoms with Gasteiger partial charge in [-0.2, -0.15) is 10.5 Å². The number of thiophene rings is 4. The zero-order valence-electron chi connectivity index (χ0n) is 51.7. The van der Waals surface area contributed by atoms with Gasteiger partial charge in [-0.05, 0) is 167 Å². The number of fused-ring (bicyclic) bond motifs is 8. The van der Waals surface area contributed by atoms with Crippen LogP contribution in [0.25, 0.3) is 68.5 Å². The Morgan fingerprint density at radius 3 is 1.11 bits per heavy atom. The molecule has 8 nitrogen and oxygen atoms in total. The van der Waals surface area contributed by atoms with Gasteiger partial charge in [-0.15, -0.1) is 45.3 Å². The van der Waals surface area contributed by atoms with Gasteiger partial charge < -0.3 is 9.47 Å². The van der Waals surface area contributed by atoms with E-state index in [0.717, 1.165) is 131 Å². The van der Waals surface area contributed by atoms with Crippen LogP contribution in [0.2, 0.25) is 0 Å². The van der Waals surface area contributed by atoms with Crippen molar-refractivity contribution in [2.75, 3.05) is 14.2 Å². The maximum atomic E-state index is 14.9. The maximum Gasteiger partial charge on any atom is 0.270 e. The predicted molar refractivity (Wildman–Crippen MR) is 370 cm³/mol. The Hall–Kier alpha value is -11.1. The first-order valence-electron chi connectivity index (χ1n) is 30.1. The zero-order chi connectivity index (χ0) is 67.0. The van der Waals surface area contributed by atoms with Crippen LogP contribution in [0.1, 0.15) is 108 Å². The molecule has 0 radical (unpaired) electrons. The molecule has 4 aliphatic carbocycles. The van der Waals surface area contributed by atoms with Crippen LogP contribution < -0.4 is 9.47 Å². The molecule has 0 spiro atoms. The first-order chi connectivity index (χ1) is 46.4. The normalized spacial score (nSPS) is 15.5. The van der Waals surface area contributed by atoms with Gasteiger partial charge in [0.05, 0.1) is 47.4 Å². The van der Waals surface area contributed by atoms with Gasteiger partial charge >= 0.3 is 0 Å². The molecule has 16 heteroatoms. The van der Waals surface area contributed by atoms with E-state index in [1.54, 1.807) is 61.2 Å². The Bertz CT molecular complexity index is 5140. The van der Waals surface area contributed by atoms with Crippen LogP contribution in [-0.4, -0.2) is 25.8 Å². The molecule has 0 unspecified atom stereocenters. The van der Waals surface area contributed by atoms with E-state index in [0.29, 0.717) is 21.3 Å². The zero-order valence-corrected chi connectivity index (χ0v) is 55.0. The molecule has 15 rings (SSSR count). The van der Waals surface area contributed by atoms with Gasteiger partial charge in [0.2, 0.25) is 0 Å². The van der Waals surface area contributed by atoms with Crippen molar-refractivity contribution in [3.63, 3.8) is 0 Å². The molecule has 11 aromatic rings. The molecule has 0 aliphatic heterocycles. The number of nitrogens with zero attached hydrogens (tertiary/aromatic N) is 4. The fourth-order valence-electron chi connectivity index (χ4n) is 14.3. The molecule has 96 heavy (non-hydrogen) atoms. The summed E-state index contributed by atoms with van der Waals surface area (Å²) < 4.78 is 71.7. The van der Waals surface area contributed by atoms with Crippen molar-refractivity contribution in [2.24, 2.45) is 0 Å². The van der Waals surface area contributed by atoms with E-state index in [1.165, 1.54) is 22.7 Å². The Labute approximate surface area is 565 Å². The summed E-state index contributed by atoms with van der Waals surface area (Å²) in [6, 6.07) is 56.4. The lowest BCUT2D eigenvalue weighted by Gasteiger charge is -2.35. The van der Waals surface area contributed by atoms with Crippen molar-refractivity contribution in [1.82, 2.24) is 0 Å². The third kappa shape index (κ3) is 8.98. The number of halogens is 4. The van der Waals surface area contributed by atoms with Crippen LogP contribution in [0.15, 0.2) is 180 Å². The van der Waals surface area contributed by atoms with Crippen LogP contribution in [0, 0.1) is 91.5 Å². The fourth-order valence-corrected chi connectivity index (χ4v) is 19.1. The lowest BCUT2D eigenvalue weighted by Crippen LogP contribution is -2.30. The van der Waals surface area contributed by atoms with E-state index in [4.69, 9.17) is 16.0 Å². The monoisotopic (exact) mass is 1330 g/mol. The van der Waals surface area contributed by atoms with Crippen molar-refractivity contribution in [3.05, 3.63) is 314 Å². The molecule has 0 saturated carbocycles. The first-order valence-corrected chi connectivity index (χ1v) is 33.4. The third-order valence-corrected chi connectivity index (χ3v) is 23.5. The molecule has 4 aliphatic rings. The Morgan fingerprint density at radius 1 is 0.438 bits per heavy atom. The minimum absolute atomic E-state index is 0.0322. The van der Waals surface area contributed by atoms with Gasteiger partial charge in [-0.1, -0.05) is 119 Å². The molecule has 4 aromatic heterocycles. The van der Waals surface area contributed by atoms with Crippen molar-refractivity contribution in [1.29, 1.82) is 15.8 Å². The number of rotatable bonds is 10. The summed E-state index contributed by atoms with van der Waals surface area (Å²) in [5.74, 6) is -5.21. The number of hydrogen-bond donors (Lipinski definition) is 0. The van der Waals surface area contributed by atoms with Gasteiger partial charge in [0.1, 0.15) is 29.2 Å².